The molecule has 22 heavy (non-hydrogen) atoms. The van der Waals surface area contributed by atoms with Crippen molar-refractivity contribution in [2.24, 2.45) is 0 Å². The Balaban J connectivity index is 1.96. The van der Waals surface area contributed by atoms with Crippen LogP contribution in [0.2, 0.25) is 5.02 Å². The molecule has 2 N–H and O–H groups in total. The van der Waals surface area contributed by atoms with E-state index in [1.54, 1.807) is 11.8 Å². The van der Waals surface area contributed by atoms with E-state index in [-0.39, 0.29) is 5.91 Å². The van der Waals surface area contributed by atoms with Crippen LogP contribution in [0.3, 0.4) is 0 Å². The van der Waals surface area contributed by atoms with Crippen molar-refractivity contribution in [1.82, 2.24) is 15.5 Å². The number of carbonyl (C=O) groups is 1. The highest BCUT2D eigenvalue weighted by molar-refractivity contribution is 8.01. The molecule has 0 fully saturated rings. The number of benzene rings is 1. The van der Waals surface area contributed by atoms with Gasteiger partial charge in [0.15, 0.2) is 4.34 Å². The van der Waals surface area contributed by atoms with Gasteiger partial charge in [-0.15, -0.1) is 10.2 Å². The van der Waals surface area contributed by atoms with E-state index < -0.39 is 0 Å². The predicted octanol–water partition coefficient (Wildman–Crippen LogP) is 3.78. The van der Waals surface area contributed by atoms with E-state index in [9.17, 15) is 4.79 Å². The minimum Gasteiger partial charge on any atom is -0.356 e. The first kappa shape index (κ1) is 17.1. The summed E-state index contributed by atoms with van der Waals surface area (Å²) >= 11 is 9.30. The zero-order chi connectivity index (χ0) is 16.1. The molecule has 0 saturated heterocycles. The smallest absolute Gasteiger partial charge is 0.216 e. The van der Waals surface area contributed by atoms with Gasteiger partial charge in [0, 0.05) is 19.2 Å². The Morgan fingerprint density at radius 2 is 2.14 bits per heavy atom. The van der Waals surface area contributed by atoms with Crippen LogP contribution < -0.4 is 10.6 Å². The number of carbonyl (C=O) groups excluding carboxylic acids is 1. The Bertz CT molecular complexity index is 652. The van der Waals surface area contributed by atoms with Crippen molar-refractivity contribution in [3.63, 3.8) is 0 Å². The normalized spacial score (nSPS) is 10.5. The molecule has 0 spiro atoms. The lowest BCUT2D eigenvalue weighted by atomic mass is 10.1. The van der Waals surface area contributed by atoms with Crippen LogP contribution in [0, 0.1) is 13.8 Å². The van der Waals surface area contributed by atoms with E-state index in [1.165, 1.54) is 18.3 Å². The van der Waals surface area contributed by atoms with Gasteiger partial charge in [-0.1, -0.05) is 40.8 Å². The molecule has 0 aliphatic rings. The second kappa shape index (κ2) is 7.80. The quantitative estimate of drug-likeness (QED) is 0.609. The Morgan fingerprint density at radius 3 is 2.82 bits per heavy atom. The van der Waals surface area contributed by atoms with Crippen molar-refractivity contribution in [3.8, 4) is 0 Å². The second-order valence-electron chi connectivity index (χ2n) is 4.77. The zero-order valence-corrected chi connectivity index (χ0v) is 15.0. The molecule has 0 unspecified atom stereocenters. The molecule has 5 nitrogen and oxygen atoms in total. The number of amides is 1. The van der Waals surface area contributed by atoms with Gasteiger partial charge >= 0.3 is 0 Å². The van der Waals surface area contributed by atoms with Crippen molar-refractivity contribution < 1.29 is 4.79 Å². The molecule has 118 valence electrons. The average molecular weight is 357 g/mol. The highest BCUT2D eigenvalue weighted by Gasteiger charge is 2.10. The van der Waals surface area contributed by atoms with E-state index in [2.05, 4.69) is 26.9 Å². The van der Waals surface area contributed by atoms with Gasteiger partial charge in [0.1, 0.15) is 0 Å². The van der Waals surface area contributed by atoms with E-state index in [0.717, 1.165) is 26.9 Å². The van der Waals surface area contributed by atoms with Gasteiger partial charge in [0.05, 0.1) is 10.7 Å². The fourth-order valence-electron chi connectivity index (χ4n) is 1.86. The number of hydrogen-bond donors (Lipinski definition) is 2. The molecule has 2 rings (SSSR count). The summed E-state index contributed by atoms with van der Waals surface area (Å²) in [7, 11) is 0. The Hall–Kier alpha value is -1.31. The second-order valence-corrected chi connectivity index (χ2v) is 7.49. The number of rotatable bonds is 6. The highest BCUT2D eigenvalue weighted by Crippen LogP contribution is 2.33. The molecule has 1 amide bonds. The van der Waals surface area contributed by atoms with Crippen LogP contribution >= 0.6 is 34.7 Å². The van der Waals surface area contributed by atoms with Crippen LogP contribution in [0.1, 0.15) is 18.1 Å². The fraction of sp³-hybridized carbons (Fsp3) is 0.357. The number of hydrogen-bond acceptors (Lipinski definition) is 6. The number of nitrogens with zero attached hydrogens (tertiary/aromatic N) is 2. The lowest BCUT2D eigenvalue weighted by Crippen LogP contribution is -2.22. The molecule has 1 heterocycles. The number of nitrogens with one attached hydrogen (secondary N) is 2. The van der Waals surface area contributed by atoms with Crippen LogP contribution in [-0.2, 0) is 4.79 Å². The van der Waals surface area contributed by atoms with E-state index >= 15 is 0 Å². The summed E-state index contributed by atoms with van der Waals surface area (Å²) in [5.74, 6) is 0.739. The van der Waals surface area contributed by atoms with Gasteiger partial charge in [0.25, 0.3) is 0 Å². The maximum absolute atomic E-state index is 10.8. The third-order valence-corrected chi connectivity index (χ3v) is 5.04. The third kappa shape index (κ3) is 4.86. The summed E-state index contributed by atoms with van der Waals surface area (Å²) in [4.78, 5) is 10.8. The summed E-state index contributed by atoms with van der Waals surface area (Å²) in [6, 6.07) is 3.99. The minimum absolute atomic E-state index is 0.0234. The van der Waals surface area contributed by atoms with Gasteiger partial charge < -0.3 is 10.6 Å². The number of thioether (sulfide) groups is 1. The molecule has 0 aliphatic heterocycles. The van der Waals surface area contributed by atoms with E-state index in [4.69, 9.17) is 11.6 Å². The number of anilines is 2. The van der Waals surface area contributed by atoms with Crippen molar-refractivity contribution >= 4 is 51.4 Å². The van der Waals surface area contributed by atoms with E-state index in [1.807, 2.05) is 19.9 Å². The van der Waals surface area contributed by atoms with Crippen LogP contribution in [0.15, 0.2) is 16.5 Å². The van der Waals surface area contributed by atoms with Crippen molar-refractivity contribution in [2.75, 3.05) is 17.6 Å². The first-order chi connectivity index (χ1) is 10.5. The predicted molar refractivity (Wildman–Crippen MR) is 93.5 cm³/mol. The first-order valence-corrected chi connectivity index (χ1v) is 8.88. The lowest BCUT2D eigenvalue weighted by molar-refractivity contribution is -0.118. The number of aryl methyl sites for hydroxylation is 2. The summed E-state index contributed by atoms with van der Waals surface area (Å²) in [6.07, 6.45) is 0. The summed E-state index contributed by atoms with van der Waals surface area (Å²) in [6.45, 7) is 6.14. The maximum Gasteiger partial charge on any atom is 0.216 e. The van der Waals surface area contributed by atoms with Gasteiger partial charge in [-0.05, 0) is 31.0 Å². The van der Waals surface area contributed by atoms with Gasteiger partial charge in [-0.2, -0.15) is 0 Å². The first-order valence-electron chi connectivity index (χ1n) is 6.70. The van der Waals surface area contributed by atoms with Gasteiger partial charge in [-0.25, -0.2) is 0 Å². The average Bonchev–Trinajstić information content (AvgIpc) is 2.86. The third-order valence-electron chi connectivity index (χ3n) is 2.77. The largest absolute Gasteiger partial charge is 0.356 e. The van der Waals surface area contributed by atoms with Crippen LogP contribution in [0.25, 0.3) is 0 Å². The van der Waals surface area contributed by atoms with Crippen molar-refractivity contribution in [1.29, 1.82) is 0 Å². The minimum atomic E-state index is -0.0234. The summed E-state index contributed by atoms with van der Waals surface area (Å²) in [5, 5.41) is 15.6. The number of halogens is 1. The Labute approximate surface area is 142 Å². The molecule has 0 bridgehead atoms. The van der Waals surface area contributed by atoms with Crippen LogP contribution in [-0.4, -0.2) is 28.4 Å². The molecular weight excluding hydrogens is 340 g/mol. The Morgan fingerprint density at radius 1 is 1.36 bits per heavy atom. The molecule has 0 radical (unpaired) electrons. The molecule has 1 aromatic carbocycles. The van der Waals surface area contributed by atoms with Gasteiger partial charge in [-0.3, -0.25) is 4.79 Å². The van der Waals surface area contributed by atoms with E-state index in [0.29, 0.717) is 16.7 Å². The molecule has 1 aromatic heterocycles. The fourth-order valence-corrected chi connectivity index (χ4v) is 3.91. The monoisotopic (exact) mass is 356 g/mol. The molecule has 0 aliphatic carbocycles. The number of aromatic nitrogens is 2. The lowest BCUT2D eigenvalue weighted by Gasteiger charge is -2.09. The standard InChI is InChI=1S/C14H17ClN4OS2/c1-8-6-9(2)12(11(15)7-8)17-13-18-19-14(22-13)21-5-4-16-10(3)20/h6-7H,4-5H2,1-3H3,(H,16,20)(H,17,18). The van der Waals surface area contributed by atoms with Crippen LogP contribution in [0.5, 0.6) is 0 Å². The van der Waals surface area contributed by atoms with Crippen molar-refractivity contribution in [2.45, 2.75) is 25.1 Å². The Kier molecular flexibility index (Phi) is 6.05. The summed E-state index contributed by atoms with van der Waals surface area (Å²) < 4.78 is 0.855. The zero-order valence-electron chi connectivity index (χ0n) is 12.6. The van der Waals surface area contributed by atoms with Crippen molar-refractivity contribution in [3.05, 3.63) is 28.3 Å². The molecule has 0 saturated carbocycles. The molecule has 8 heteroatoms. The highest BCUT2D eigenvalue weighted by atomic mass is 35.5. The van der Waals surface area contributed by atoms with Crippen LogP contribution in [0.4, 0.5) is 10.8 Å². The topological polar surface area (TPSA) is 66.9 Å². The molecule has 2 aromatic rings. The maximum atomic E-state index is 10.8. The summed E-state index contributed by atoms with van der Waals surface area (Å²) in [5.41, 5.74) is 3.05. The molecule has 0 atom stereocenters. The SMILES string of the molecule is CC(=O)NCCSc1nnc(Nc2c(C)cc(C)cc2Cl)s1. The van der Waals surface area contributed by atoms with Gasteiger partial charge in [0.2, 0.25) is 11.0 Å². The molecular formula is C14H17ClN4OS2.